The number of benzene rings is 1. The van der Waals surface area contributed by atoms with Crippen LogP contribution in [0, 0.1) is 0 Å². The lowest BCUT2D eigenvalue weighted by Crippen LogP contribution is -2.24. The Morgan fingerprint density at radius 3 is 2.95 bits per heavy atom. The van der Waals surface area contributed by atoms with Gasteiger partial charge in [-0.15, -0.1) is 0 Å². The molecule has 1 unspecified atom stereocenters. The highest BCUT2D eigenvalue weighted by molar-refractivity contribution is 9.10. The Bertz CT molecular complexity index is 398. The Balaban J connectivity index is 2.17. The van der Waals surface area contributed by atoms with Crippen molar-refractivity contribution in [2.45, 2.75) is 19.9 Å². The van der Waals surface area contributed by atoms with Gasteiger partial charge in [-0.25, -0.2) is 4.79 Å². The molecule has 106 valence electrons. The van der Waals surface area contributed by atoms with Gasteiger partial charge >= 0.3 is 5.97 Å². The second kappa shape index (κ2) is 9.07. The van der Waals surface area contributed by atoms with Crippen LogP contribution < -0.4 is 5.32 Å². The number of hydrogen-bond donors (Lipinski definition) is 1. The predicted octanol–water partition coefficient (Wildman–Crippen LogP) is 2.68. The van der Waals surface area contributed by atoms with E-state index in [1.165, 1.54) is 5.56 Å². The summed E-state index contributed by atoms with van der Waals surface area (Å²) >= 11 is 3.45. The first-order valence-electron chi connectivity index (χ1n) is 6.35. The summed E-state index contributed by atoms with van der Waals surface area (Å²) in [5.74, 6) is -0.317. The van der Waals surface area contributed by atoms with Gasteiger partial charge in [0, 0.05) is 17.1 Å². The van der Waals surface area contributed by atoms with Gasteiger partial charge < -0.3 is 14.8 Å². The molecule has 0 bridgehead atoms. The van der Waals surface area contributed by atoms with Crippen LogP contribution in [0.3, 0.4) is 0 Å². The summed E-state index contributed by atoms with van der Waals surface area (Å²) in [5.41, 5.74) is 1.21. The molecule has 0 aliphatic carbocycles. The van der Waals surface area contributed by atoms with Crippen molar-refractivity contribution in [2.24, 2.45) is 0 Å². The van der Waals surface area contributed by atoms with E-state index in [0.717, 1.165) is 4.47 Å². The van der Waals surface area contributed by atoms with Crippen LogP contribution in [0.4, 0.5) is 0 Å². The number of esters is 1. The molecule has 0 spiro atoms. The molecule has 0 amide bonds. The molecule has 4 nitrogen and oxygen atoms in total. The van der Waals surface area contributed by atoms with E-state index in [-0.39, 0.29) is 18.6 Å². The molecular weight excluding hydrogens is 310 g/mol. The molecule has 0 heterocycles. The molecule has 1 aromatic carbocycles. The van der Waals surface area contributed by atoms with Crippen LogP contribution in [0.25, 0.3) is 0 Å². The molecule has 0 aliphatic heterocycles. The summed E-state index contributed by atoms with van der Waals surface area (Å²) in [6, 6.07) is 8.40. The quantitative estimate of drug-likeness (QED) is 0.588. The van der Waals surface area contributed by atoms with Crippen LogP contribution in [0.5, 0.6) is 0 Å². The van der Waals surface area contributed by atoms with Crippen LogP contribution in [0.1, 0.15) is 25.5 Å². The van der Waals surface area contributed by atoms with Crippen molar-refractivity contribution in [1.29, 1.82) is 0 Å². The number of nitrogens with one attached hydrogen (secondary N) is 1. The minimum Gasteiger partial charge on any atom is -0.464 e. The highest BCUT2D eigenvalue weighted by Gasteiger charge is 2.05. The summed E-state index contributed by atoms with van der Waals surface area (Å²) in [6.07, 6.45) is 0. The molecular formula is C14H20BrNO3. The summed E-state index contributed by atoms with van der Waals surface area (Å²) in [6.45, 7) is 5.44. The molecule has 1 aromatic rings. The van der Waals surface area contributed by atoms with Gasteiger partial charge in [0.15, 0.2) is 0 Å². The molecule has 0 saturated heterocycles. The lowest BCUT2D eigenvalue weighted by Gasteiger charge is -2.14. The maximum Gasteiger partial charge on any atom is 0.332 e. The molecule has 5 heteroatoms. The van der Waals surface area contributed by atoms with Crippen LogP contribution in [0.15, 0.2) is 28.7 Å². The van der Waals surface area contributed by atoms with Crippen molar-refractivity contribution in [3.8, 4) is 0 Å². The van der Waals surface area contributed by atoms with E-state index in [4.69, 9.17) is 9.47 Å². The summed E-state index contributed by atoms with van der Waals surface area (Å²) in [7, 11) is 0. The van der Waals surface area contributed by atoms with Gasteiger partial charge in [0.05, 0.1) is 13.2 Å². The molecule has 0 fully saturated rings. The van der Waals surface area contributed by atoms with E-state index in [1.54, 1.807) is 6.92 Å². The predicted molar refractivity (Wildman–Crippen MR) is 78.0 cm³/mol. The van der Waals surface area contributed by atoms with Crippen LogP contribution in [-0.4, -0.2) is 32.3 Å². The number of halogens is 1. The third kappa shape index (κ3) is 6.71. The summed E-state index contributed by atoms with van der Waals surface area (Å²) < 4.78 is 11.0. The Kier molecular flexibility index (Phi) is 7.70. The zero-order chi connectivity index (χ0) is 14.1. The zero-order valence-corrected chi connectivity index (χ0v) is 12.9. The average molecular weight is 330 g/mol. The fourth-order valence-corrected chi connectivity index (χ4v) is 2.02. The molecule has 0 aliphatic rings. The van der Waals surface area contributed by atoms with Crippen LogP contribution in [0.2, 0.25) is 0 Å². The van der Waals surface area contributed by atoms with E-state index >= 15 is 0 Å². The molecule has 0 radical (unpaired) electrons. The van der Waals surface area contributed by atoms with Gasteiger partial charge in [0.1, 0.15) is 6.61 Å². The monoisotopic (exact) mass is 329 g/mol. The van der Waals surface area contributed by atoms with Gasteiger partial charge in [0.2, 0.25) is 0 Å². The van der Waals surface area contributed by atoms with Crippen molar-refractivity contribution < 1.29 is 14.3 Å². The van der Waals surface area contributed by atoms with Crippen molar-refractivity contribution in [3.05, 3.63) is 34.3 Å². The van der Waals surface area contributed by atoms with Crippen molar-refractivity contribution in [2.75, 3.05) is 26.4 Å². The SMILES string of the molecule is CCOC(=O)COCCNC(C)c1cccc(Br)c1. The lowest BCUT2D eigenvalue weighted by atomic mass is 10.1. The number of rotatable bonds is 8. The summed E-state index contributed by atoms with van der Waals surface area (Å²) in [4.78, 5) is 11.0. The Hall–Kier alpha value is -0.910. The molecule has 19 heavy (non-hydrogen) atoms. The van der Waals surface area contributed by atoms with Crippen molar-refractivity contribution in [1.82, 2.24) is 5.32 Å². The number of ether oxygens (including phenoxy) is 2. The largest absolute Gasteiger partial charge is 0.464 e. The smallest absolute Gasteiger partial charge is 0.332 e. The Morgan fingerprint density at radius 2 is 2.26 bits per heavy atom. The van der Waals surface area contributed by atoms with E-state index in [9.17, 15) is 4.79 Å². The van der Waals surface area contributed by atoms with Gasteiger partial charge in [-0.1, -0.05) is 28.1 Å². The fourth-order valence-electron chi connectivity index (χ4n) is 1.60. The van der Waals surface area contributed by atoms with Crippen molar-refractivity contribution in [3.63, 3.8) is 0 Å². The second-order valence-corrected chi connectivity index (χ2v) is 5.00. The lowest BCUT2D eigenvalue weighted by molar-refractivity contribution is -0.148. The third-order valence-corrected chi connectivity index (χ3v) is 3.06. The molecule has 1 N–H and O–H groups in total. The second-order valence-electron chi connectivity index (χ2n) is 4.09. The van der Waals surface area contributed by atoms with Crippen LogP contribution >= 0.6 is 15.9 Å². The minimum absolute atomic E-state index is 0.0147. The molecule has 1 atom stereocenters. The van der Waals surface area contributed by atoms with E-state index in [1.807, 2.05) is 12.1 Å². The van der Waals surface area contributed by atoms with E-state index in [2.05, 4.69) is 40.3 Å². The van der Waals surface area contributed by atoms with Gasteiger partial charge in [-0.3, -0.25) is 0 Å². The number of carbonyl (C=O) groups excluding carboxylic acids is 1. The third-order valence-electron chi connectivity index (χ3n) is 2.57. The molecule has 0 saturated carbocycles. The first-order valence-corrected chi connectivity index (χ1v) is 7.15. The fraction of sp³-hybridized carbons (Fsp3) is 0.500. The van der Waals surface area contributed by atoms with Crippen molar-refractivity contribution >= 4 is 21.9 Å². The summed E-state index contributed by atoms with van der Waals surface area (Å²) in [5, 5.41) is 3.33. The molecule has 1 rings (SSSR count). The van der Waals surface area contributed by atoms with Crippen LogP contribution in [-0.2, 0) is 14.3 Å². The maximum absolute atomic E-state index is 11.0. The van der Waals surface area contributed by atoms with Gasteiger partial charge in [-0.2, -0.15) is 0 Å². The number of hydrogen-bond acceptors (Lipinski definition) is 4. The Labute approximate surface area is 122 Å². The van der Waals surface area contributed by atoms with E-state index < -0.39 is 0 Å². The Morgan fingerprint density at radius 1 is 1.47 bits per heavy atom. The normalized spacial score (nSPS) is 12.2. The minimum atomic E-state index is -0.317. The molecule has 0 aromatic heterocycles. The highest BCUT2D eigenvalue weighted by Crippen LogP contribution is 2.17. The van der Waals surface area contributed by atoms with Gasteiger partial charge in [-0.05, 0) is 31.5 Å². The zero-order valence-electron chi connectivity index (χ0n) is 11.3. The van der Waals surface area contributed by atoms with E-state index in [0.29, 0.717) is 19.8 Å². The first kappa shape index (κ1) is 16.1. The standard InChI is InChI=1S/C14H20BrNO3/c1-3-19-14(17)10-18-8-7-16-11(2)12-5-4-6-13(15)9-12/h4-6,9,11,16H,3,7-8,10H2,1-2H3. The van der Waals surface area contributed by atoms with Gasteiger partial charge in [0.25, 0.3) is 0 Å². The average Bonchev–Trinajstić information content (AvgIpc) is 2.38. The maximum atomic E-state index is 11.0. The topological polar surface area (TPSA) is 47.6 Å². The number of carbonyl (C=O) groups is 1. The first-order chi connectivity index (χ1) is 9.13. The highest BCUT2D eigenvalue weighted by atomic mass is 79.9.